The number of halogens is 1. The van der Waals surface area contributed by atoms with Crippen LogP contribution in [0.15, 0.2) is 96.2 Å². The van der Waals surface area contributed by atoms with Crippen molar-refractivity contribution in [1.82, 2.24) is 9.78 Å². The summed E-state index contributed by atoms with van der Waals surface area (Å²) < 4.78 is 1.76. The van der Waals surface area contributed by atoms with Gasteiger partial charge in [-0.3, -0.25) is 14.5 Å². The number of amides is 1. The van der Waals surface area contributed by atoms with Gasteiger partial charge in [0.2, 0.25) is 0 Å². The minimum absolute atomic E-state index is 0.0833. The minimum Gasteiger partial charge on any atom is -0.321 e. The molecule has 3 aromatic carbocycles. The average Bonchev–Trinajstić information content (AvgIpc) is 3.26. The summed E-state index contributed by atoms with van der Waals surface area (Å²) in [5, 5.41) is 7.90. The predicted molar refractivity (Wildman–Crippen MR) is 135 cm³/mol. The van der Waals surface area contributed by atoms with Crippen LogP contribution in [0, 0.1) is 0 Å². The SMILES string of the molecule is CC(Cc1ccc(Cl)cc1)/N=C(/C(=O)Nc1ccc(-c2cnn(C)c2)cc1)c1ccccc1. The molecule has 0 fully saturated rings. The van der Waals surface area contributed by atoms with E-state index in [1.807, 2.05) is 105 Å². The lowest BCUT2D eigenvalue weighted by Gasteiger charge is -2.13. The van der Waals surface area contributed by atoms with E-state index in [1.54, 1.807) is 4.68 Å². The zero-order valence-corrected chi connectivity index (χ0v) is 19.3. The van der Waals surface area contributed by atoms with Crippen molar-refractivity contribution in [3.05, 3.63) is 107 Å². The third-order valence-corrected chi connectivity index (χ3v) is 5.49. The number of carbonyl (C=O) groups is 1. The van der Waals surface area contributed by atoms with E-state index in [0.717, 1.165) is 22.3 Å². The van der Waals surface area contributed by atoms with Crippen LogP contribution in [-0.2, 0) is 18.3 Å². The summed E-state index contributed by atoms with van der Waals surface area (Å²) >= 11 is 5.99. The fourth-order valence-corrected chi connectivity index (χ4v) is 3.72. The van der Waals surface area contributed by atoms with Gasteiger partial charge < -0.3 is 5.32 Å². The molecule has 0 saturated carbocycles. The van der Waals surface area contributed by atoms with E-state index in [-0.39, 0.29) is 11.9 Å². The van der Waals surface area contributed by atoms with Crippen molar-refractivity contribution in [2.75, 3.05) is 5.32 Å². The Morgan fingerprint density at radius 2 is 1.70 bits per heavy atom. The number of rotatable bonds is 7. The van der Waals surface area contributed by atoms with Crippen LogP contribution in [0.3, 0.4) is 0 Å². The highest BCUT2D eigenvalue weighted by atomic mass is 35.5. The number of aliphatic imine (C=N–C) groups is 1. The Morgan fingerprint density at radius 3 is 2.33 bits per heavy atom. The molecule has 166 valence electrons. The lowest BCUT2D eigenvalue weighted by atomic mass is 10.1. The molecule has 0 radical (unpaired) electrons. The van der Waals surface area contributed by atoms with Crippen molar-refractivity contribution in [3.8, 4) is 11.1 Å². The molecule has 4 aromatic rings. The van der Waals surface area contributed by atoms with Crippen molar-refractivity contribution in [2.45, 2.75) is 19.4 Å². The number of hydrogen-bond acceptors (Lipinski definition) is 3. The van der Waals surface area contributed by atoms with Gasteiger partial charge in [0.25, 0.3) is 5.91 Å². The van der Waals surface area contributed by atoms with E-state index >= 15 is 0 Å². The Kier molecular flexibility index (Phi) is 7.01. The number of aryl methyl sites for hydroxylation is 1. The maximum Gasteiger partial charge on any atom is 0.274 e. The fourth-order valence-electron chi connectivity index (χ4n) is 3.59. The molecule has 0 saturated heterocycles. The quantitative estimate of drug-likeness (QED) is 0.357. The molecule has 1 unspecified atom stereocenters. The van der Waals surface area contributed by atoms with Crippen molar-refractivity contribution in [3.63, 3.8) is 0 Å². The largest absolute Gasteiger partial charge is 0.321 e. The first kappa shape index (κ1) is 22.5. The molecule has 0 aliphatic carbocycles. The summed E-state index contributed by atoms with van der Waals surface area (Å²) in [5.41, 5.74) is 5.09. The summed E-state index contributed by atoms with van der Waals surface area (Å²) in [4.78, 5) is 18.0. The van der Waals surface area contributed by atoms with Gasteiger partial charge >= 0.3 is 0 Å². The van der Waals surface area contributed by atoms with E-state index < -0.39 is 0 Å². The summed E-state index contributed by atoms with van der Waals surface area (Å²) in [5.74, 6) is -0.238. The maximum absolute atomic E-state index is 13.2. The third-order valence-electron chi connectivity index (χ3n) is 5.24. The molecule has 1 amide bonds. The zero-order valence-electron chi connectivity index (χ0n) is 18.6. The lowest BCUT2D eigenvalue weighted by molar-refractivity contribution is -0.110. The van der Waals surface area contributed by atoms with Crippen LogP contribution < -0.4 is 5.32 Å². The van der Waals surface area contributed by atoms with Gasteiger partial charge in [-0.25, -0.2) is 0 Å². The number of anilines is 1. The average molecular weight is 457 g/mol. The van der Waals surface area contributed by atoms with Crippen LogP contribution >= 0.6 is 11.6 Å². The van der Waals surface area contributed by atoms with Crippen LogP contribution in [0.25, 0.3) is 11.1 Å². The number of hydrogen-bond donors (Lipinski definition) is 1. The molecule has 5 nitrogen and oxygen atoms in total. The van der Waals surface area contributed by atoms with E-state index in [9.17, 15) is 4.79 Å². The molecule has 0 spiro atoms. The van der Waals surface area contributed by atoms with Crippen molar-refractivity contribution in [2.24, 2.45) is 12.0 Å². The lowest BCUT2D eigenvalue weighted by Crippen LogP contribution is -2.25. The summed E-state index contributed by atoms with van der Waals surface area (Å²) in [6.45, 7) is 2.01. The molecule has 33 heavy (non-hydrogen) atoms. The van der Waals surface area contributed by atoms with Crippen molar-refractivity contribution in [1.29, 1.82) is 0 Å². The van der Waals surface area contributed by atoms with E-state index in [1.165, 1.54) is 0 Å². The summed E-state index contributed by atoms with van der Waals surface area (Å²) in [6, 6.07) is 24.9. The van der Waals surface area contributed by atoms with Gasteiger partial charge in [-0.05, 0) is 48.7 Å². The van der Waals surface area contributed by atoms with Gasteiger partial charge in [0, 0.05) is 35.1 Å². The number of nitrogens with zero attached hydrogens (tertiary/aromatic N) is 3. The van der Waals surface area contributed by atoms with Crippen LogP contribution in [0.2, 0.25) is 5.02 Å². The highest BCUT2D eigenvalue weighted by Crippen LogP contribution is 2.21. The number of nitrogens with one attached hydrogen (secondary N) is 1. The van der Waals surface area contributed by atoms with Crippen LogP contribution in [0.4, 0.5) is 5.69 Å². The molecular formula is C27H25ClN4O. The molecule has 0 bridgehead atoms. The van der Waals surface area contributed by atoms with E-state index in [2.05, 4.69) is 10.4 Å². The molecule has 4 rings (SSSR count). The van der Waals surface area contributed by atoms with Crippen LogP contribution in [-0.4, -0.2) is 27.4 Å². The summed E-state index contributed by atoms with van der Waals surface area (Å²) in [7, 11) is 1.89. The Hall–Kier alpha value is -3.70. The first-order chi connectivity index (χ1) is 16.0. The topological polar surface area (TPSA) is 59.3 Å². The molecule has 1 heterocycles. The van der Waals surface area contributed by atoms with Crippen LogP contribution in [0.1, 0.15) is 18.1 Å². The second-order valence-electron chi connectivity index (χ2n) is 7.96. The van der Waals surface area contributed by atoms with Crippen molar-refractivity contribution >= 4 is 28.9 Å². The van der Waals surface area contributed by atoms with E-state index in [4.69, 9.17) is 16.6 Å². The van der Waals surface area contributed by atoms with Gasteiger partial charge in [-0.1, -0.05) is 66.2 Å². The van der Waals surface area contributed by atoms with Gasteiger partial charge in [-0.15, -0.1) is 0 Å². The predicted octanol–water partition coefficient (Wildman–Crippen LogP) is 5.80. The number of benzene rings is 3. The molecule has 1 N–H and O–H groups in total. The highest BCUT2D eigenvalue weighted by molar-refractivity contribution is 6.48. The normalized spacial score (nSPS) is 12.4. The van der Waals surface area contributed by atoms with Gasteiger partial charge in [0.1, 0.15) is 5.71 Å². The number of carbonyl (C=O) groups excluding carboxylic acids is 1. The smallest absolute Gasteiger partial charge is 0.274 e. The number of aromatic nitrogens is 2. The molecule has 6 heteroatoms. The Morgan fingerprint density at radius 1 is 1.00 bits per heavy atom. The van der Waals surface area contributed by atoms with Crippen molar-refractivity contribution < 1.29 is 4.79 Å². The molecule has 0 aliphatic rings. The molecule has 0 aliphatic heterocycles. The second kappa shape index (κ2) is 10.3. The summed E-state index contributed by atoms with van der Waals surface area (Å²) in [6.07, 6.45) is 4.48. The Balaban J connectivity index is 1.53. The third kappa shape index (κ3) is 5.96. The van der Waals surface area contributed by atoms with Gasteiger partial charge in [-0.2, -0.15) is 5.10 Å². The van der Waals surface area contributed by atoms with E-state index in [0.29, 0.717) is 22.8 Å². The highest BCUT2D eigenvalue weighted by Gasteiger charge is 2.16. The molecule has 1 atom stereocenters. The van der Waals surface area contributed by atoms with Gasteiger partial charge in [0.15, 0.2) is 0 Å². The Labute approximate surface area is 198 Å². The first-order valence-corrected chi connectivity index (χ1v) is 11.1. The second-order valence-corrected chi connectivity index (χ2v) is 8.39. The standard InChI is InChI=1S/C27H25ClN4O/c1-19(16-20-8-12-24(28)13-9-20)30-26(22-6-4-3-5-7-22)27(33)31-25-14-10-21(11-15-25)23-17-29-32(2)18-23/h3-15,17-19H,16H2,1-2H3,(H,31,33)/b30-26+. The molecular weight excluding hydrogens is 432 g/mol. The maximum atomic E-state index is 13.2. The van der Waals surface area contributed by atoms with Crippen LogP contribution in [0.5, 0.6) is 0 Å². The molecule has 1 aromatic heterocycles. The monoisotopic (exact) mass is 456 g/mol. The zero-order chi connectivity index (χ0) is 23.2. The Bertz CT molecular complexity index is 1250. The minimum atomic E-state index is -0.238. The van der Waals surface area contributed by atoms with Gasteiger partial charge in [0.05, 0.1) is 12.2 Å². The first-order valence-electron chi connectivity index (χ1n) is 10.8. The fraction of sp³-hybridized carbons (Fsp3) is 0.148.